The van der Waals surface area contributed by atoms with Crippen LogP contribution in [0.3, 0.4) is 0 Å². The Kier molecular flexibility index (Phi) is 3.36. The summed E-state index contributed by atoms with van der Waals surface area (Å²) in [5.41, 5.74) is 2.23. The maximum atomic E-state index is 10.0. The zero-order valence-corrected chi connectivity index (χ0v) is 4.51. The second-order valence-electron chi connectivity index (χ2n) is 0.894. The molecule has 0 spiro atoms. The van der Waals surface area contributed by atoms with Crippen LogP contribution < -0.4 is 0 Å². The highest BCUT2D eigenvalue weighted by Gasteiger charge is 1.92. The minimum Gasteiger partial charge on any atom is -0.437 e. The van der Waals surface area contributed by atoms with Crippen LogP contribution in [0.5, 0.6) is 0 Å². The summed E-state index contributed by atoms with van der Waals surface area (Å²) in [6.45, 7) is 3.15. The third-order valence-electron chi connectivity index (χ3n) is 0.405. The highest BCUT2D eigenvalue weighted by atomic mass is 16.7. The summed E-state index contributed by atoms with van der Waals surface area (Å²) in [7, 11) is 1.22. The standard InChI is InChI=1S/C5H6O3/c1-3-4-8-5(6)7-2/h4H,1H2,2H3. The summed E-state index contributed by atoms with van der Waals surface area (Å²) >= 11 is 0. The Balaban J connectivity index is 3.39. The van der Waals surface area contributed by atoms with Gasteiger partial charge >= 0.3 is 6.16 Å². The van der Waals surface area contributed by atoms with E-state index in [0.29, 0.717) is 0 Å². The number of rotatable bonds is 1. The first kappa shape index (κ1) is 6.79. The molecule has 0 fully saturated rings. The number of hydrogen-bond acceptors (Lipinski definition) is 3. The molecule has 0 aromatic heterocycles. The number of hydrogen-bond donors (Lipinski definition) is 0. The van der Waals surface area contributed by atoms with E-state index in [9.17, 15) is 4.79 Å². The van der Waals surface area contributed by atoms with E-state index in [0.717, 1.165) is 6.26 Å². The third kappa shape index (κ3) is 3.00. The van der Waals surface area contributed by atoms with Crippen molar-refractivity contribution >= 4 is 6.16 Å². The van der Waals surface area contributed by atoms with E-state index in [1.54, 1.807) is 0 Å². The maximum Gasteiger partial charge on any atom is 0.513 e. The fraction of sp³-hybridized carbons (Fsp3) is 0.200. The maximum absolute atomic E-state index is 10.0. The van der Waals surface area contributed by atoms with Crippen LogP contribution in [0.15, 0.2) is 18.6 Å². The van der Waals surface area contributed by atoms with Gasteiger partial charge in [-0.15, -0.1) is 0 Å². The van der Waals surface area contributed by atoms with Crippen molar-refractivity contribution in [2.45, 2.75) is 0 Å². The predicted molar refractivity (Wildman–Crippen MR) is 27.2 cm³/mol. The first-order valence-corrected chi connectivity index (χ1v) is 1.90. The molecule has 3 heteroatoms. The second-order valence-corrected chi connectivity index (χ2v) is 0.894. The van der Waals surface area contributed by atoms with Crippen molar-refractivity contribution in [3.63, 3.8) is 0 Å². The summed E-state index contributed by atoms with van der Waals surface area (Å²) in [6, 6.07) is 0. The third-order valence-corrected chi connectivity index (χ3v) is 0.405. The Bertz CT molecular complexity index is 122. The Morgan fingerprint density at radius 3 is 2.88 bits per heavy atom. The predicted octanol–water partition coefficient (Wildman–Crippen LogP) is 1.07. The van der Waals surface area contributed by atoms with Crippen LogP contribution in [0, 0.1) is 0 Å². The van der Waals surface area contributed by atoms with Crippen molar-refractivity contribution in [2.75, 3.05) is 7.11 Å². The molecule has 0 bridgehead atoms. The van der Waals surface area contributed by atoms with Crippen molar-refractivity contribution in [1.29, 1.82) is 0 Å². The molecule has 0 unspecified atom stereocenters. The van der Waals surface area contributed by atoms with Crippen LogP contribution >= 0.6 is 0 Å². The van der Waals surface area contributed by atoms with Gasteiger partial charge in [-0.2, -0.15) is 0 Å². The number of carbonyl (C=O) groups excluding carboxylic acids is 1. The van der Waals surface area contributed by atoms with E-state index >= 15 is 0 Å². The fourth-order valence-electron chi connectivity index (χ4n) is 0.138. The fourth-order valence-corrected chi connectivity index (χ4v) is 0.138. The lowest BCUT2D eigenvalue weighted by Gasteiger charge is -1.90. The number of methoxy groups -OCH3 is 1. The number of carbonyl (C=O) groups is 1. The van der Waals surface area contributed by atoms with Crippen LogP contribution in [-0.2, 0) is 9.47 Å². The second kappa shape index (κ2) is 3.96. The van der Waals surface area contributed by atoms with E-state index in [1.807, 2.05) is 0 Å². The molecular formula is C5H6O3. The van der Waals surface area contributed by atoms with Crippen LogP contribution in [0.4, 0.5) is 4.79 Å². The van der Waals surface area contributed by atoms with Gasteiger partial charge in [-0.25, -0.2) is 4.79 Å². The van der Waals surface area contributed by atoms with Gasteiger partial charge in [0, 0.05) is 0 Å². The molecule has 0 heterocycles. The van der Waals surface area contributed by atoms with Gasteiger partial charge < -0.3 is 9.47 Å². The molecule has 0 radical (unpaired) electrons. The van der Waals surface area contributed by atoms with Gasteiger partial charge in [-0.3, -0.25) is 0 Å². The summed E-state index contributed by atoms with van der Waals surface area (Å²) < 4.78 is 8.27. The first-order valence-electron chi connectivity index (χ1n) is 1.90. The average molecular weight is 114 g/mol. The van der Waals surface area contributed by atoms with Crippen LogP contribution in [0.2, 0.25) is 0 Å². The van der Waals surface area contributed by atoms with Crippen LogP contribution in [0.25, 0.3) is 0 Å². The SMILES string of the molecule is C=C=COC(=O)OC. The molecule has 0 aliphatic rings. The molecule has 0 amide bonds. The average Bonchev–Trinajstić information content (AvgIpc) is 1.83. The summed E-state index contributed by atoms with van der Waals surface area (Å²) in [4.78, 5) is 10.0. The monoisotopic (exact) mass is 114 g/mol. The van der Waals surface area contributed by atoms with Crippen molar-refractivity contribution in [2.24, 2.45) is 0 Å². The highest BCUT2D eigenvalue weighted by molar-refractivity contribution is 5.60. The molecule has 0 N–H and O–H groups in total. The summed E-state index contributed by atoms with van der Waals surface area (Å²) in [5.74, 6) is 0. The Morgan fingerprint density at radius 1 is 1.88 bits per heavy atom. The first-order chi connectivity index (χ1) is 3.81. The smallest absolute Gasteiger partial charge is 0.437 e. The molecule has 0 aromatic carbocycles. The summed E-state index contributed by atoms with van der Waals surface area (Å²) in [5, 5.41) is 0. The Morgan fingerprint density at radius 2 is 2.50 bits per heavy atom. The molecule has 3 nitrogen and oxygen atoms in total. The lowest BCUT2D eigenvalue weighted by molar-refractivity contribution is 0.106. The molecule has 0 saturated carbocycles. The molecule has 0 atom stereocenters. The molecule has 0 saturated heterocycles. The van der Waals surface area contributed by atoms with Crippen molar-refractivity contribution in [1.82, 2.24) is 0 Å². The quantitative estimate of drug-likeness (QED) is 0.290. The van der Waals surface area contributed by atoms with Gasteiger partial charge in [0.05, 0.1) is 7.11 Å². The normalized spacial score (nSPS) is 6.62. The lowest BCUT2D eigenvalue weighted by atomic mass is 10.9. The van der Waals surface area contributed by atoms with Crippen molar-refractivity contribution in [3.8, 4) is 0 Å². The Hall–Kier alpha value is -1.21. The number of ether oxygens (including phenoxy) is 2. The van der Waals surface area contributed by atoms with Gasteiger partial charge in [0.15, 0.2) is 0 Å². The van der Waals surface area contributed by atoms with E-state index < -0.39 is 6.16 Å². The molecule has 8 heavy (non-hydrogen) atoms. The van der Waals surface area contributed by atoms with Crippen LogP contribution in [-0.4, -0.2) is 13.3 Å². The topological polar surface area (TPSA) is 35.5 Å². The molecule has 0 aliphatic carbocycles. The molecular weight excluding hydrogens is 108 g/mol. The van der Waals surface area contributed by atoms with Gasteiger partial charge in [0.1, 0.15) is 6.26 Å². The molecule has 44 valence electrons. The largest absolute Gasteiger partial charge is 0.513 e. The highest BCUT2D eigenvalue weighted by Crippen LogP contribution is 1.79. The van der Waals surface area contributed by atoms with Gasteiger partial charge in [-0.05, 0) is 0 Å². The van der Waals surface area contributed by atoms with E-state index in [4.69, 9.17) is 0 Å². The van der Waals surface area contributed by atoms with Gasteiger partial charge in [-0.1, -0.05) is 12.3 Å². The van der Waals surface area contributed by atoms with Gasteiger partial charge in [0.25, 0.3) is 0 Å². The van der Waals surface area contributed by atoms with Crippen LogP contribution in [0.1, 0.15) is 0 Å². The van der Waals surface area contributed by atoms with Gasteiger partial charge in [0.2, 0.25) is 0 Å². The summed E-state index contributed by atoms with van der Waals surface area (Å²) in [6.07, 6.45) is 0.257. The van der Waals surface area contributed by atoms with E-state index in [1.165, 1.54) is 7.11 Å². The molecule has 0 aliphatic heterocycles. The Labute approximate surface area is 47.2 Å². The van der Waals surface area contributed by atoms with E-state index in [-0.39, 0.29) is 0 Å². The van der Waals surface area contributed by atoms with E-state index in [2.05, 4.69) is 21.8 Å². The minimum atomic E-state index is -0.763. The molecule has 0 rings (SSSR count). The zero-order chi connectivity index (χ0) is 6.41. The zero-order valence-electron chi connectivity index (χ0n) is 4.51. The van der Waals surface area contributed by atoms with Crippen molar-refractivity contribution in [3.05, 3.63) is 18.6 Å². The minimum absolute atomic E-state index is 0.763. The van der Waals surface area contributed by atoms with Crippen molar-refractivity contribution < 1.29 is 14.3 Å². The molecule has 0 aromatic rings. The lowest BCUT2D eigenvalue weighted by Crippen LogP contribution is -1.97.